The first-order chi connectivity index (χ1) is 7.76. The molecule has 1 nitrogen and oxygen atoms in total. The number of benzene rings is 1. The van der Waals surface area contributed by atoms with Gasteiger partial charge in [0.15, 0.2) is 0 Å². The van der Waals surface area contributed by atoms with Crippen molar-refractivity contribution in [2.24, 2.45) is 11.7 Å². The third-order valence-corrected chi connectivity index (χ3v) is 3.43. The zero-order chi connectivity index (χ0) is 11.8. The number of hydrogen-bond donors (Lipinski definition) is 1. The van der Waals surface area contributed by atoms with Gasteiger partial charge in [0.05, 0.1) is 0 Å². The second-order valence-corrected chi connectivity index (χ2v) is 5.05. The van der Waals surface area contributed by atoms with Crippen LogP contribution in [-0.2, 0) is 6.42 Å². The minimum Gasteiger partial charge on any atom is -0.330 e. The van der Waals surface area contributed by atoms with E-state index < -0.39 is 0 Å². The Hall–Kier alpha value is -0.540. The molecule has 0 aliphatic rings. The summed E-state index contributed by atoms with van der Waals surface area (Å²) in [5.74, 6) is 1.55. The molecule has 0 amide bonds. The third kappa shape index (κ3) is 4.99. The van der Waals surface area contributed by atoms with Crippen molar-refractivity contribution < 1.29 is 4.39 Å². The maximum atomic E-state index is 12.7. The Kier molecular flexibility index (Phi) is 6.50. The smallest absolute Gasteiger partial charge is 0.123 e. The van der Waals surface area contributed by atoms with Crippen molar-refractivity contribution in [3.8, 4) is 0 Å². The molecule has 0 saturated heterocycles. The SMILES string of the molecule is CSCCCC(CN)Cc1ccc(F)cc1. The fourth-order valence-corrected chi connectivity index (χ4v) is 2.23. The number of rotatable bonds is 7. The van der Waals surface area contributed by atoms with Crippen LogP contribution in [0.3, 0.4) is 0 Å². The second-order valence-electron chi connectivity index (χ2n) is 4.07. The molecule has 0 heterocycles. The third-order valence-electron chi connectivity index (χ3n) is 2.73. The minimum absolute atomic E-state index is 0.171. The van der Waals surface area contributed by atoms with Crippen molar-refractivity contribution in [3.05, 3.63) is 35.6 Å². The van der Waals surface area contributed by atoms with E-state index in [1.165, 1.54) is 29.9 Å². The summed E-state index contributed by atoms with van der Waals surface area (Å²) < 4.78 is 12.7. The van der Waals surface area contributed by atoms with Crippen molar-refractivity contribution in [1.29, 1.82) is 0 Å². The molecule has 0 fully saturated rings. The first-order valence-electron chi connectivity index (χ1n) is 5.69. The molecule has 0 spiro atoms. The molecule has 3 heteroatoms. The van der Waals surface area contributed by atoms with Crippen molar-refractivity contribution in [3.63, 3.8) is 0 Å². The normalized spacial score (nSPS) is 12.7. The van der Waals surface area contributed by atoms with Crippen LogP contribution in [0.4, 0.5) is 4.39 Å². The molecule has 1 atom stereocenters. The Morgan fingerprint density at radius 3 is 2.56 bits per heavy atom. The number of halogens is 1. The molecule has 16 heavy (non-hydrogen) atoms. The van der Waals surface area contributed by atoms with Gasteiger partial charge in [-0.2, -0.15) is 11.8 Å². The molecule has 0 aliphatic carbocycles. The maximum Gasteiger partial charge on any atom is 0.123 e. The zero-order valence-electron chi connectivity index (χ0n) is 9.79. The molecule has 0 bridgehead atoms. The molecule has 90 valence electrons. The topological polar surface area (TPSA) is 26.0 Å². The Morgan fingerprint density at radius 2 is 2.00 bits per heavy atom. The fourth-order valence-electron chi connectivity index (χ4n) is 1.77. The molecular weight excluding hydrogens is 221 g/mol. The van der Waals surface area contributed by atoms with E-state index in [1.54, 1.807) is 0 Å². The maximum absolute atomic E-state index is 12.7. The molecule has 1 aromatic rings. The lowest BCUT2D eigenvalue weighted by atomic mass is 9.95. The van der Waals surface area contributed by atoms with Gasteiger partial charge in [-0.1, -0.05) is 12.1 Å². The molecule has 1 aromatic carbocycles. The lowest BCUT2D eigenvalue weighted by molar-refractivity contribution is 0.489. The van der Waals surface area contributed by atoms with Crippen LogP contribution >= 0.6 is 11.8 Å². The lowest BCUT2D eigenvalue weighted by Crippen LogP contribution is -2.17. The van der Waals surface area contributed by atoms with Gasteiger partial charge >= 0.3 is 0 Å². The highest BCUT2D eigenvalue weighted by atomic mass is 32.2. The van der Waals surface area contributed by atoms with Gasteiger partial charge in [-0.05, 0) is 61.4 Å². The number of thioether (sulfide) groups is 1. The average molecular weight is 241 g/mol. The first-order valence-corrected chi connectivity index (χ1v) is 7.09. The highest BCUT2D eigenvalue weighted by molar-refractivity contribution is 7.98. The Bertz CT molecular complexity index is 286. The van der Waals surface area contributed by atoms with Crippen molar-refractivity contribution in [1.82, 2.24) is 0 Å². The van der Waals surface area contributed by atoms with Crippen LogP contribution in [0.15, 0.2) is 24.3 Å². The highest BCUT2D eigenvalue weighted by Gasteiger charge is 2.07. The van der Waals surface area contributed by atoms with E-state index in [4.69, 9.17) is 5.73 Å². The fraction of sp³-hybridized carbons (Fsp3) is 0.538. The van der Waals surface area contributed by atoms with Gasteiger partial charge in [0, 0.05) is 0 Å². The van der Waals surface area contributed by atoms with E-state index in [-0.39, 0.29) is 5.82 Å². The highest BCUT2D eigenvalue weighted by Crippen LogP contribution is 2.15. The summed E-state index contributed by atoms with van der Waals surface area (Å²) in [5.41, 5.74) is 6.93. The summed E-state index contributed by atoms with van der Waals surface area (Å²) in [6.45, 7) is 0.714. The van der Waals surface area contributed by atoms with Crippen LogP contribution in [0.2, 0.25) is 0 Å². The average Bonchev–Trinajstić information content (AvgIpc) is 2.31. The minimum atomic E-state index is -0.171. The molecule has 0 aromatic heterocycles. The Labute approximate surface area is 102 Å². The molecule has 0 aliphatic heterocycles. The van der Waals surface area contributed by atoms with Gasteiger partial charge in [-0.3, -0.25) is 0 Å². The van der Waals surface area contributed by atoms with Gasteiger partial charge in [-0.25, -0.2) is 4.39 Å². The number of hydrogen-bond acceptors (Lipinski definition) is 2. The first kappa shape index (κ1) is 13.5. The lowest BCUT2D eigenvalue weighted by Gasteiger charge is -2.14. The second kappa shape index (κ2) is 7.69. The van der Waals surface area contributed by atoms with Crippen molar-refractivity contribution >= 4 is 11.8 Å². The monoisotopic (exact) mass is 241 g/mol. The Balaban J connectivity index is 2.40. The van der Waals surface area contributed by atoms with E-state index in [9.17, 15) is 4.39 Å². The predicted octanol–water partition coefficient (Wildman–Crippen LogP) is 3.09. The van der Waals surface area contributed by atoms with Crippen LogP contribution in [0, 0.1) is 11.7 Å². The molecule has 1 unspecified atom stereocenters. The largest absolute Gasteiger partial charge is 0.330 e. The molecule has 0 radical (unpaired) electrons. The van der Waals surface area contributed by atoms with Gasteiger partial charge in [0.25, 0.3) is 0 Å². The van der Waals surface area contributed by atoms with Crippen molar-refractivity contribution in [2.45, 2.75) is 19.3 Å². The summed E-state index contributed by atoms with van der Waals surface area (Å²) in [6, 6.07) is 6.74. The van der Waals surface area contributed by atoms with Gasteiger partial charge < -0.3 is 5.73 Å². The van der Waals surface area contributed by atoms with Gasteiger partial charge in [0.1, 0.15) is 5.82 Å². The van der Waals surface area contributed by atoms with Crippen LogP contribution < -0.4 is 5.73 Å². The number of nitrogens with two attached hydrogens (primary N) is 1. The van der Waals surface area contributed by atoms with Crippen molar-refractivity contribution in [2.75, 3.05) is 18.6 Å². The van der Waals surface area contributed by atoms with E-state index in [2.05, 4.69) is 6.26 Å². The summed E-state index contributed by atoms with van der Waals surface area (Å²) in [7, 11) is 0. The van der Waals surface area contributed by atoms with E-state index in [0.29, 0.717) is 12.5 Å². The molecule has 1 rings (SSSR count). The van der Waals surface area contributed by atoms with E-state index in [0.717, 1.165) is 12.8 Å². The predicted molar refractivity (Wildman–Crippen MR) is 70.3 cm³/mol. The van der Waals surface area contributed by atoms with Crippen LogP contribution in [0.1, 0.15) is 18.4 Å². The molecular formula is C13H20FNS. The van der Waals surface area contributed by atoms with E-state index in [1.807, 2.05) is 23.9 Å². The standard InChI is InChI=1S/C13H20FNS/c1-16-8-2-3-12(10-15)9-11-4-6-13(14)7-5-11/h4-7,12H,2-3,8-10,15H2,1H3. The van der Waals surface area contributed by atoms with E-state index >= 15 is 0 Å². The Morgan fingerprint density at radius 1 is 1.31 bits per heavy atom. The molecule has 2 N–H and O–H groups in total. The summed E-state index contributed by atoms with van der Waals surface area (Å²) in [5, 5.41) is 0. The zero-order valence-corrected chi connectivity index (χ0v) is 10.6. The molecule has 0 saturated carbocycles. The van der Waals surface area contributed by atoms with Gasteiger partial charge in [-0.15, -0.1) is 0 Å². The summed E-state index contributed by atoms with van der Waals surface area (Å²) in [6.07, 6.45) is 5.46. The van der Waals surface area contributed by atoms with Gasteiger partial charge in [0.2, 0.25) is 0 Å². The summed E-state index contributed by atoms with van der Waals surface area (Å²) in [4.78, 5) is 0. The van der Waals surface area contributed by atoms with Crippen LogP contribution in [0.5, 0.6) is 0 Å². The van der Waals surface area contributed by atoms with Crippen LogP contribution in [-0.4, -0.2) is 18.6 Å². The summed E-state index contributed by atoms with van der Waals surface area (Å²) >= 11 is 1.87. The quantitative estimate of drug-likeness (QED) is 0.742. The van der Waals surface area contributed by atoms with Crippen LogP contribution in [0.25, 0.3) is 0 Å².